The summed E-state index contributed by atoms with van der Waals surface area (Å²) in [4.78, 5) is 28.2. The average molecular weight is 583 g/mol. The highest BCUT2D eigenvalue weighted by Crippen LogP contribution is 2.50. The zero-order valence-electron chi connectivity index (χ0n) is 25.4. The van der Waals surface area contributed by atoms with Crippen molar-refractivity contribution in [3.63, 3.8) is 0 Å². The van der Waals surface area contributed by atoms with Gasteiger partial charge in [-0.15, -0.1) is 0 Å². The highest BCUT2D eigenvalue weighted by Gasteiger charge is 2.51. The molecule has 4 heterocycles. The number of benzene rings is 2. The molecule has 2 aromatic rings. The lowest BCUT2D eigenvalue weighted by Gasteiger charge is -2.46. The molecule has 42 heavy (non-hydrogen) atoms. The molecule has 4 aliphatic heterocycles. The number of rotatable bonds is 6. The SMILES string of the molecule is COc1cc2c(cc1OC)[C@]1(C)CCC(=O)N1[C@H](CO)C2.COc1cc2c(cc1OC)[C@]1(C)CCC(=O)N1[C@H](CO)C2. The molecule has 2 N–H and O–H groups in total. The van der Waals surface area contributed by atoms with E-state index in [1.165, 1.54) is 0 Å². The molecule has 4 atom stereocenters. The number of amides is 2. The summed E-state index contributed by atoms with van der Waals surface area (Å²) in [6.45, 7) is 4.11. The van der Waals surface area contributed by atoms with Crippen LogP contribution in [0.1, 0.15) is 61.8 Å². The number of fused-ring (bicyclic) bond motifs is 6. The highest BCUT2D eigenvalue weighted by atomic mass is 16.5. The summed E-state index contributed by atoms with van der Waals surface area (Å²) in [6, 6.07) is 7.59. The Balaban J connectivity index is 0.000000168. The molecule has 10 nitrogen and oxygen atoms in total. The Kier molecular flexibility index (Phi) is 8.06. The molecule has 0 aliphatic carbocycles. The predicted octanol–water partition coefficient (Wildman–Crippen LogP) is 2.92. The number of methoxy groups -OCH3 is 4. The van der Waals surface area contributed by atoms with Gasteiger partial charge >= 0.3 is 0 Å². The van der Waals surface area contributed by atoms with E-state index in [9.17, 15) is 19.8 Å². The molecular weight excluding hydrogens is 540 g/mol. The minimum Gasteiger partial charge on any atom is -0.493 e. The van der Waals surface area contributed by atoms with Crippen LogP contribution >= 0.6 is 0 Å². The minimum absolute atomic E-state index is 0.0187. The quantitative estimate of drug-likeness (QED) is 0.534. The molecule has 0 radical (unpaired) electrons. The maximum Gasteiger partial charge on any atom is 0.223 e. The van der Waals surface area contributed by atoms with Crippen LogP contribution < -0.4 is 18.9 Å². The Morgan fingerprint density at radius 2 is 1.00 bits per heavy atom. The summed E-state index contributed by atoms with van der Waals surface area (Å²) in [5.41, 5.74) is 3.74. The van der Waals surface area contributed by atoms with Gasteiger partial charge in [0, 0.05) is 12.8 Å². The Hall–Kier alpha value is -3.50. The van der Waals surface area contributed by atoms with Crippen molar-refractivity contribution in [1.29, 1.82) is 0 Å². The molecule has 0 bridgehead atoms. The number of aliphatic hydroxyl groups excluding tert-OH is 2. The zero-order chi connectivity index (χ0) is 30.4. The molecule has 0 spiro atoms. The number of carbonyl (C=O) groups excluding carboxylic acids is 2. The van der Waals surface area contributed by atoms with Crippen LogP contribution in [0.25, 0.3) is 0 Å². The highest BCUT2D eigenvalue weighted by molar-refractivity contribution is 5.82. The Morgan fingerprint density at radius 3 is 1.31 bits per heavy atom. The van der Waals surface area contributed by atoms with Crippen LogP contribution in [0.5, 0.6) is 23.0 Å². The summed E-state index contributed by atoms with van der Waals surface area (Å²) in [7, 11) is 6.46. The third-order valence-electron chi connectivity index (χ3n) is 9.69. The monoisotopic (exact) mass is 582 g/mol. The van der Waals surface area contributed by atoms with E-state index in [4.69, 9.17) is 18.9 Å². The van der Waals surface area contributed by atoms with Gasteiger partial charge in [-0.1, -0.05) is 0 Å². The summed E-state index contributed by atoms with van der Waals surface area (Å²) < 4.78 is 21.5. The van der Waals surface area contributed by atoms with Gasteiger partial charge in [-0.05, 0) is 86.1 Å². The van der Waals surface area contributed by atoms with Crippen LogP contribution in [0.2, 0.25) is 0 Å². The van der Waals surface area contributed by atoms with Gasteiger partial charge in [-0.3, -0.25) is 9.59 Å². The van der Waals surface area contributed by atoms with Crippen molar-refractivity contribution in [3.8, 4) is 23.0 Å². The van der Waals surface area contributed by atoms with E-state index in [-0.39, 0.29) is 48.2 Å². The second-order valence-electron chi connectivity index (χ2n) is 11.9. The lowest BCUT2D eigenvalue weighted by atomic mass is 9.79. The van der Waals surface area contributed by atoms with Crippen LogP contribution in [-0.4, -0.2) is 85.6 Å². The van der Waals surface area contributed by atoms with Gasteiger partial charge in [0.2, 0.25) is 11.8 Å². The van der Waals surface area contributed by atoms with Crippen LogP contribution in [-0.2, 0) is 33.5 Å². The minimum atomic E-state index is -0.363. The zero-order valence-corrected chi connectivity index (χ0v) is 25.4. The third kappa shape index (κ3) is 4.55. The number of aliphatic hydroxyl groups is 2. The lowest BCUT2D eigenvalue weighted by molar-refractivity contribution is -0.136. The molecule has 228 valence electrons. The first-order valence-corrected chi connectivity index (χ1v) is 14.5. The molecule has 6 rings (SSSR count). The van der Waals surface area contributed by atoms with Crippen molar-refractivity contribution in [2.24, 2.45) is 0 Å². The molecule has 2 fully saturated rings. The Bertz CT molecular complexity index is 1280. The Morgan fingerprint density at radius 1 is 0.667 bits per heavy atom. The largest absolute Gasteiger partial charge is 0.493 e. The second-order valence-corrected chi connectivity index (χ2v) is 11.9. The normalized spacial score (nSPS) is 27.3. The van der Waals surface area contributed by atoms with Crippen molar-refractivity contribution in [2.75, 3.05) is 41.7 Å². The van der Waals surface area contributed by atoms with Gasteiger partial charge in [0.25, 0.3) is 0 Å². The van der Waals surface area contributed by atoms with Crippen molar-refractivity contribution >= 4 is 11.8 Å². The summed E-state index contributed by atoms with van der Waals surface area (Å²) in [5.74, 6) is 2.98. The molecule has 2 amide bonds. The maximum atomic E-state index is 12.2. The average Bonchev–Trinajstić information content (AvgIpc) is 3.50. The van der Waals surface area contributed by atoms with Gasteiger partial charge in [-0.2, -0.15) is 0 Å². The van der Waals surface area contributed by atoms with E-state index in [2.05, 4.69) is 13.8 Å². The Labute approximate surface area is 247 Å². The third-order valence-corrected chi connectivity index (χ3v) is 9.69. The smallest absolute Gasteiger partial charge is 0.223 e. The molecule has 0 aromatic heterocycles. The second kappa shape index (κ2) is 11.3. The molecule has 0 unspecified atom stereocenters. The molecule has 4 aliphatic rings. The van der Waals surface area contributed by atoms with E-state index >= 15 is 0 Å². The van der Waals surface area contributed by atoms with E-state index in [1.807, 2.05) is 34.1 Å². The van der Waals surface area contributed by atoms with E-state index in [0.717, 1.165) is 35.1 Å². The molecule has 2 aromatic carbocycles. The topological polar surface area (TPSA) is 118 Å². The lowest BCUT2D eigenvalue weighted by Crippen LogP contribution is -2.53. The van der Waals surface area contributed by atoms with Crippen molar-refractivity contribution in [2.45, 2.75) is 75.5 Å². The van der Waals surface area contributed by atoms with Crippen LogP contribution in [0.3, 0.4) is 0 Å². The summed E-state index contributed by atoms with van der Waals surface area (Å²) in [6.07, 6.45) is 3.89. The first kappa shape index (κ1) is 30.0. The standard InChI is InChI=1S/2C16H21NO4/c2*1-16-5-4-15(19)17(16)11(9-18)6-10-7-13(20-2)14(21-3)8-12(10)16/h2*7-8,11,18H,4-6,9H2,1-3H3/t2*11-,16-/m00/s1. The van der Waals surface area contributed by atoms with E-state index in [1.54, 1.807) is 28.4 Å². The number of hydrogen-bond acceptors (Lipinski definition) is 8. The number of ether oxygens (including phenoxy) is 4. The number of nitrogens with zero attached hydrogens (tertiary/aromatic N) is 2. The summed E-state index contributed by atoms with van der Waals surface area (Å²) >= 11 is 0. The van der Waals surface area contributed by atoms with Crippen molar-refractivity contribution < 1.29 is 38.7 Å². The van der Waals surface area contributed by atoms with E-state index < -0.39 is 0 Å². The molecule has 0 saturated carbocycles. The van der Waals surface area contributed by atoms with Gasteiger partial charge in [0.15, 0.2) is 23.0 Å². The van der Waals surface area contributed by atoms with Gasteiger partial charge in [-0.25, -0.2) is 0 Å². The summed E-state index contributed by atoms with van der Waals surface area (Å²) in [5, 5.41) is 19.3. The first-order chi connectivity index (χ1) is 20.1. The fourth-order valence-electron chi connectivity index (χ4n) is 7.64. The number of carbonyl (C=O) groups is 2. The fourth-order valence-corrected chi connectivity index (χ4v) is 7.64. The molecular formula is C32H42N2O8. The van der Waals surface area contributed by atoms with Gasteiger partial charge < -0.3 is 39.0 Å². The fraction of sp³-hybridized carbons (Fsp3) is 0.562. The maximum absolute atomic E-state index is 12.2. The predicted molar refractivity (Wildman–Crippen MR) is 155 cm³/mol. The van der Waals surface area contributed by atoms with E-state index in [0.29, 0.717) is 48.7 Å². The first-order valence-electron chi connectivity index (χ1n) is 14.5. The molecule has 2 saturated heterocycles. The molecule has 10 heteroatoms. The van der Waals surface area contributed by atoms with Crippen LogP contribution in [0.4, 0.5) is 0 Å². The van der Waals surface area contributed by atoms with Crippen molar-refractivity contribution in [1.82, 2.24) is 9.80 Å². The number of hydrogen-bond donors (Lipinski definition) is 2. The van der Waals surface area contributed by atoms with Crippen molar-refractivity contribution in [3.05, 3.63) is 46.5 Å². The van der Waals surface area contributed by atoms with Crippen LogP contribution in [0, 0.1) is 0 Å². The van der Waals surface area contributed by atoms with Gasteiger partial charge in [0.05, 0.1) is 64.8 Å². The van der Waals surface area contributed by atoms with Gasteiger partial charge in [0.1, 0.15) is 0 Å². The van der Waals surface area contributed by atoms with Crippen LogP contribution in [0.15, 0.2) is 24.3 Å².